The van der Waals surface area contributed by atoms with Gasteiger partial charge in [0.15, 0.2) is 8.32 Å². The first-order chi connectivity index (χ1) is 6.70. The summed E-state index contributed by atoms with van der Waals surface area (Å²) in [5.74, 6) is 0. The van der Waals surface area contributed by atoms with Crippen LogP contribution in [0.4, 0.5) is 0 Å². The molecule has 90 valence electrons. The second-order valence-electron chi connectivity index (χ2n) is 5.26. The molecule has 0 aromatic carbocycles. The first kappa shape index (κ1) is 14.6. The summed E-state index contributed by atoms with van der Waals surface area (Å²) in [7, 11) is 2.53. The van der Waals surface area contributed by atoms with Gasteiger partial charge in [0.25, 0.3) is 0 Å². The minimum Gasteiger partial charge on any atom is -0.415 e. The summed E-state index contributed by atoms with van der Waals surface area (Å²) in [4.78, 5) is 0. The Morgan fingerprint density at radius 2 is 1.87 bits per heavy atom. The molecule has 1 atom stereocenters. The normalized spacial score (nSPS) is 15.3. The molecule has 0 aromatic heterocycles. The molecule has 15 heavy (non-hydrogen) atoms. The molecule has 3 nitrogen and oxygen atoms in total. The van der Waals surface area contributed by atoms with Crippen molar-refractivity contribution in [2.75, 3.05) is 14.1 Å². The van der Waals surface area contributed by atoms with E-state index >= 15 is 0 Å². The molecule has 0 fully saturated rings. The molecule has 0 aromatic rings. The van der Waals surface area contributed by atoms with Gasteiger partial charge in [-0.3, -0.25) is 0 Å². The lowest BCUT2D eigenvalue weighted by Gasteiger charge is -2.23. The number of rotatable bonds is 6. The zero-order valence-corrected chi connectivity index (χ0v) is 12.3. The van der Waals surface area contributed by atoms with Gasteiger partial charge in [0.05, 0.1) is 0 Å². The van der Waals surface area contributed by atoms with E-state index in [1.807, 2.05) is 19.1 Å². The summed E-state index contributed by atoms with van der Waals surface area (Å²) in [5, 5.41) is 6.20. The Kier molecular flexibility index (Phi) is 6.13. The maximum Gasteiger partial charge on any atom is 0.184 e. The van der Waals surface area contributed by atoms with E-state index in [1.165, 1.54) is 5.71 Å². The highest BCUT2D eigenvalue weighted by Gasteiger charge is 2.17. The average Bonchev–Trinajstić information content (AvgIpc) is 1.96. The second-order valence-corrected chi connectivity index (χ2v) is 9.72. The van der Waals surface area contributed by atoms with Gasteiger partial charge in [-0.25, -0.2) is 0 Å². The molecular weight excluding hydrogens is 204 g/mol. The van der Waals surface area contributed by atoms with E-state index in [1.54, 1.807) is 0 Å². The molecule has 0 radical (unpaired) electrons. The standard InChI is InChI=1S/C11H26N2OSi/c1-10(12-13(3)4)8-9-11(2)14-15(5,6)7/h11H,8-9H2,1-7H3. The zero-order chi connectivity index (χ0) is 12.1. The van der Waals surface area contributed by atoms with Gasteiger partial charge in [-0.05, 0) is 46.3 Å². The van der Waals surface area contributed by atoms with Crippen LogP contribution in [0.3, 0.4) is 0 Å². The Balaban J connectivity index is 3.86. The first-order valence-electron chi connectivity index (χ1n) is 5.60. The number of nitrogens with zero attached hydrogens (tertiary/aromatic N) is 2. The first-order valence-corrected chi connectivity index (χ1v) is 9.01. The predicted molar refractivity (Wildman–Crippen MR) is 69.9 cm³/mol. The lowest BCUT2D eigenvalue weighted by molar-refractivity contribution is 0.206. The Bertz CT molecular complexity index is 209. The van der Waals surface area contributed by atoms with Crippen molar-refractivity contribution in [3.05, 3.63) is 0 Å². The fraction of sp³-hybridized carbons (Fsp3) is 0.909. The van der Waals surface area contributed by atoms with E-state index in [9.17, 15) is 0 Å². The second kappa shape index (κ2) is 6.28. The van der Waals surface area contributed by atoms with Gasteiger partial charge in [0.1, 0.15) is 0 Å². The fourth-order valence-electron chi connectivity index (χ4n) is 1.47. The van der Waals surface area contributed by atoms with Crippen LogP contribution in [-0.2, 0) is 4.43 Å². The van der Waals surface area contributed by atoms with Gasteiger partial charge < -0.3 is 9.43 Å². The minimum absolute atomic E-state index is 0.351. The van der Waals surface area contributed by atoms with Crippen LogP contribution < -0.4 is 0 Å². The van der Waals surface area contributed by atoms with Crippen molar-refractivity contribution < 1.29 is 4.43 Å². The third-order valence-corrected chi connectivity index (χ3v) is 2.95. The van der Waals surface area contributed by atoms with Gasteiger partial charge in [-0.2, -0.15) is 5.10 Å². The minimum atomic E-state index is -1.37. The number of hydrazone groups is 1. The van der Waals surface area contributed by atoms with E-state index in [-0.39, 0.29) is 0 Å². The number of hydrogen-bond donors (Lipinski definition) is 0. The largest absolute Gasteiger partial charge is 0.415 e. The lowest BCUT2D eigenvalue weighted by atomic mass is 10.2. The topological polar surface area (TPSA) is 24.8 Å². The molecule has 4 heteroatoms. The summed E-state index contributed by atoms with van der Waals surface area (Å²) in [6, 6.07) is 0. The quantitative estimate of drug-likeness (QED) is 0.398. The van der Waals surface area contributed by atoms with Crippen LogP contribution in [0.25, 0.3) is 0 Å². The molecular formula is C11H26N2OSi. The van der Waals surface area contributed by atoms with Crippen LogP contribution in [0.15, 0.2) is 5.10 Å². The Morgan fingerprint density at radius 3 is 2.27 bits per heavy atom. The predicted octanol–water partition coefficient (Wildman–Crippen LogP) is 2.94. The van der Waals surface area contributed by atoms with Crippen LogP contribution in [0.1, 0.15) is 26.7 Å². The van der Waals surface area contributed by atoms with Gasteiger partial charge in [0.2, 0.25) is 0 Å². The SMILES string of the molecule is CC(CCC(C)O[Si](C)(C)C)=NN(C)C. The lowest BCUT2D eigenvalue weighted by Crippen LogP contribution is -2.30. The van der Waals surface area contributed by atoms with Crippen molar-refractivity contribution in [1.29, 1.82) is 0 Å². The molecule has 1 unspecified atom stereocenters. The molecule has 0 aliphatic rings. The van der Waals surface area contributed by atoms with Gasteiger partial charge >= 0.3 is 0 Å². The Hall–Kier alpha value is -0.353. The third-order valence-electron chi connectivity index (χ3n) is 1.84. The Labute approximate surface area is 95.6 Å². The summed E-state index contributed by atoms with van der Waals surface area (Å²) >= 11 is 0. The van der Waals surface area contributed by atoms with Gasteiger partial charge in [-0.1, -0.05) is 0 Å². The monoisotopic (exact) mass is 230 g/mol. The fourth-order valence-corrected chi connectivity index (χ4v) is 2.79. The summed E-state index contributed by atoms with van der Waals surface area (Å²) in [6.45, 7) is 10.9. The summed E-state index contributed by atoms with van der Waals surface area (Å²) in [5.41, 5.74) is 1.17. The molecule has 0 N–H and O–H groups in total. The van der Waals surface area contributed by atoms with E-state index in [4.69, 9.17) is 4.43 Å². The molecule has 0 rings (SSSR count). The van der Waals surface area contributed by atoms with Gasteiger partial charge in [0, 0.05) is 25.9 Å². The molecule has 0 aliphatic heterocycles. The van der Waals surface area contributed by atoms with Crippen molar-refractivity contribution in [1.82, 2.24) is 5.01 Å². The third kappa shape index (κ3) is 9.94. The highest BCUT2D eigenvalue weighted by molar-refractivity contribution is 6.69. The summed E-state index contributed by atoms with van der Waals surface area (Å²) < 4.78 is 5.96. The molecule has 0 spiro atoms. The summed E-state index contributed by atoms with van der Waals surface area (Å²) in [6.07, 6.45) is 2.43. The molecule has 0 amide bonds. The number of hydrogen-bond acceptors (Lipinski definition) is 3. The van der Waals surface area contributed by atoms with Crippen molar-refractivity contribution >= 4 is 14.0 Å². The molecule has 0 saturated heterocycles. The maximum absolute atomic E-state index is 5.96. The molecule has 0 aliphatic carbocycles. The van der Waals surface area contributed by atoms with Crippen molar-refractivity contribution in [2.45, 2.75) is 52.4 Å². The molecule has 0 saturated carbocycles. The highest BCUT2D eigenvalue weighted by Crippen LogP contribution is 2.11. The van der Waals surface area contributed by atoms with Crippen LogP contribution in [-0.4, -0.2) is 39.2 Å². The van der Waals surface area contributed by atoms with Crippen molar-refractivity contribution in [3.8, 4) is 0 Å². The van der Waals surface area contributed by atoms with E-state index in [0.29, 0.717) is 6.10 Å². The molecule has 0 bridgehead atoms. The van der Waals surface area contributed by atoms with Crippen molar-refractivity contribution in [2.24, 2.45) is 5.10 Å². The average molecular weight is 230 g/mol. The highest BCUT2D eigenvalue weighted by atomic mass is 28.4. The van der Waals surface area contributed by atoms with E-state index in [0.717, 1.165) is 12.8 Å². The van der Waals surface area contributed by atoms with Gasteiger partial charge in [-0.15, -0.1) is 0 Å². The van der Waals surface area contributed by atoms with Crippen LogP contribution in [0.2, 0.25) is 19.6 Å². The van der Waals surface area contributed by atoms with Crippen LogP contribution in [0.5, 0.6) is 0 Å². The smallest absolute Gasteiger partial charge is 0.184 e. The van der Waals surface area contributed by atoms with E-state index in [2.05, 4.69) is 38.6 Å². The van der Waals surface area contributed by atoms with E-state index < -0.39 is 8.32 Å². The maximum atomic E-state index is 5.96. The zero-order valence-electron chi connectivity index (χ0n) is 11.3. The van der Waals surface area contributed by atoms with Crippen LogP contribution >= 0.6 is 0 Å². The Morgan fingerprint density at radius 1 is 1.33 bits per heavy atom. The van der Waals surface area contributed by atoms with Crippen LogP contribution in [0, 0.1) is 0 Å². The molecule has 0 heterocycles. The van der Waals surface area contributed by atoms with Crippen molar-refractivity contribution in [3.63, 3.8) is 0 Å².